The Labute approximate surface area is 96.9 Å². The zero-order chi connectivity index (χ0) is 11.5. The van der Waals surface area contributed by atoms with E-state index >= 15 is 0 Å². The average Bonchev–Trinajstić information content (AvgIpc) is 2.63. The van der Waals surface area contributed by atoms with Gasteiger partial charge in [-0.25, -0.2) is 4.39 Å². The first-order valence-corrected chi connectivity index (χ1v) is 5.10. The summed E-state index contributed by atoms with van der Waals surface area (Å²) in [6.07, 6.45) is 0. The number of aromatic amines is 1. The molecule has 0 saturated carbocycles. The summed E-state index contributed by atoms with van der Waals surface area (Å²) in [7, 11) is 0. The second kappa shape index (κ2) is 4.49. The van der Waals surface area contributed by atoms with Crippen LogP contribution in [-0.2, 0) is 6.54 Å². The van der Waals surface area contributed by atoms with Gasteiger partial charge in [-0.1, -0.05) is 17.7 Å². The molecule has 2 rings (SSSR count). The second-order valence-electron chi connectivity index (χ2n) is 3.30. The first-order chi connectivity index (χ1) is 7.66. The number of nitrogens with zero attached hydrogens (tertiary/aromatic N) is 2. The molecular formula is C10H10ClFN4. The summed E-state index contributed by atoms with van der Waals surface area (Å²) >= 11 is 5.87. The molecule has 0 fully saturated rings. The predicted octanol–water partition coefficient (Wildman–Crippen LogP) is 2.52. The Kier molecular flexibility index (Phi) is 3.05. The van der Waals surface area contributed by atoms with Crippen molar-refractivity contribution in [1.82, 2.24) is 15.2 Å². The van der Waals surface area contributed by atoms with Gasteiger partial charge in [0.05, 0.1) is 0 Å². The molecule has 1 aromatic heterocycles. The van der Waals surface area contributed by atoms with Crippen molar-refractivity contribution in [3.05, 3.63) is 40.4 Å². The minimum absolute atomic E-state index is 0.253. The number of anilines is 1. The zero-order valence-corrected chi connectivity index (χ0v) is 9.35. The molecule has 0 bridgehead atoms. The fourth-order valence-electron chi connectivity index (χ4n) is 1.29. The van der Waals surface area contributed by atoms with E-state index in [-0.39, 0.29) is 12.4 Å². The molecule has 4 nitrogen and oxygen atoms in total. The quantitative estimate of drug-likeness (QED) is 0.867. The van der Waals surface area contributed by atoms with Crippen molar-refractivity contribution in [3.63, 3.8) is 0 Å². The molecule has 2 aromatic rings. The number of H-pyrrole nitrogens is 1. The third-order valence-corrected chi connectivity index (χ3v) is 2.44. The van der Waals surface area contributed by atoms with Crippen LogP contribution < -0.4 is 5.32 Å². The van der Waals surface area contributed by atoms with Crippen LogP contribution in [0.2, 0.25) is 5.02 Å². The molecule has 0 aliphatic carbocycles. The Morgan fingerprint density at radius 3 is 2.94 bits per heavy atom. The highest BCUT2D eigenvalue weighted by molar-refractivity contribution is 6.31. The lowest BCUT2D eigenvalue weighted by Gasteiger charge is -2.05. The van der Waals surface area contributed by atoms with Gasteiger partial charge in [-0.15, -0.1) is 5.10 Å². The van der Waals surface area contributed by atoms with E-state index in [1.807, 2.05) is 0 Å². The van der Waals surface area contributed by atoms with Gasteiger partial charge in [0.1, 0.15) is 11.6 Å². The molecule has 0 atom stereocenters. The number of hydrogen-bond donors (Lipinski definition) is 2. The van der Waals surface area contributed by atoms with E-state index in [1.165, 1.54) is 6.07 Å². The van der Waals surface area contributed by atoms with Crippen LogP contribution in [0.15, 0.2) is 18.2 Å². The second-order valence-corrected chi connectivity index (χ2v) is 3.71. The van der Waals surface area contributed by atoms with Crippen molar-refractivity contribution in [2.45, 2.75) is 13.5 Å². The first kappa shape index (κ1) is 10.9. The topological polar surface area (TPSA) is 53.6 Å². The highest BCUT2D eigenvalue weighted by Crippen LogP contribution is 2.19. The number of rotatable bonds is 3. The van der Waals surface area contributed by atoms with E-state index in [0.717, 1.165) is 0 Å². The molecule has 1 heterocycles. The van der Waals surface area contributed by atoms with E-state index in [0.29, 0.717) is 22.4 Å². The number of halogens is 2. The fourth-order valence-corrected chi connectivity index (χ4v) is 1.52. The van der Waals surface area contributed by atoms with Crippen molar-refractivity contribution in [2.24, 2.45) is 0 Å². The number of nitrogens with one attached hydrogen (secondary N) is 2. The SMILES string of the molecule is Cc1nc(NCc2c(F)cccc2Cl)n[nH]1. The lowest BCUT2D eigenvalue weighted by molar-refractivity contribution is 0.613. The normalized spacial score (nSPS) is 10.4. The lowest BCUT2D eigenvalue weighted by atomic mass is 10.2. The molecule has 0 radical (unpaired) electrons. The van der Waals surface area contributed by atoms with Crippen LogP contribution in [-0.4, -0.2) is 15.2 Å². The minimum Gasteiger partial charge on any atom is -0.349 e. The van der Waals surface area contributed by atoms with Crippen LogP contribution >= 0.6 is 11.6 Å². The molecule has 0 saturated heterocycles. The van der Waals surface area contributed by atoms with Crippen molar-refractivity contribution < 1.29 is 4.39 Å². The van der Waals surface area contributed by atoms with Gasteiger partial charge < -0.3 is 5.32 Å². The van der Waals surface area contributed by atoms with Gasteiger partial charge in [0, 0.05) is 17.1 Å². The van der Waals surface area contributed by atoms with Gasteiger partial charge in [0.2, 0.25) is 5.95 Å². The highest BCUT2D eigenvalue weighted by Gasteiger charge is 2.07. The standard InChI is InChI=1S/C10H10ClFN4/c1-6-14-10(16-15-6)13-5-7-8(11)3-2-4-9(7)12/h2-4H,5H2,1H3,(H2,13,14,15,16). The van der Waals surface area contributed by atoms with E-state index in [2.05, 4.69) is 20.5 Å². The predicted molar refractivity (Wildman–Crippen MR) is 59.9 cm³/mol. The van der Waals surface area contributed by atoms with Crippen LogP contribution in [0.4, 0.5) is 10.3 Å². The van der Waals surface area contributed by atoms with Crippen LogP contribution in [0.25, 0.3) is 0 Å². The number of aryl methyl sites for hydroxylation is 1. The molecule has 84 valence electrons. The monoisotopic (exact) mass is 240 g/mol. The van der Waals surface area contributed by atoms with E-state index in [9.17, 15) is 4.39 Å². The van der Waals surface area contributed by atoms with Crippen LogP contribution in [0, 0.1) is 12.7 Å². The lowest BCUT2D eigenvalue weighted by Crippen LogP contribution is -2.03. The molecule has 0 spiro atoms. The summed E-state index contributed by atoms with van der Waals surface area (Å²) in [5.74, 6) is 0.784. The molecule has 2 N–H and O–H groups in total. The third kappa shape index (κ3) is 2.30. The molecule has 0 unspecified atom stereocenters. The summed E-state index contributed by atoms with van der Waals surface area (Å²) in [5, 5.41) is 9.84. The van der Waals surface area contributed by atoms with Crippen molar-refractivity contribution in [1.29, 1.82) is 0 Å². The van der Waals surface area contributed by atoms with E-state index in [1.54, 1.807) is 19.1 Å². The van der Waals surface area contributed by atoms with Crippen LogP contribution in [0.1, 0.15) is 11.4 Å². The van der Waals surface area contributed by atoms with Crippen LogP contribution in [0.3, 0.4) is 0 Å². The van der Waals surface area contributed by atoms with Gasteiger partial charge >= 0.3 is 0 Å². The number of aromatic nitrogens is 3. The third-order valence-electron chi connectivity index (χ3n) is 2.08. The summed E-state index contributed by atoms with van der Waals surface area (Å²) in [4.78, 5) is 4.04. The maximum absolute atomic E-state index is 13.4. The zero-order valence-electron chi connectivity index (χ0n) is 8.59. The Morgan fingerprint density at radius 2 is 2.31 bits per heavy atom. The number of benzene rings is 1. The Bertz CT molecular complexity index is 477. The Balaban J connectivity index is 2.10. The highest BCUT2D eigenvalue weighted by atomic mass is 35.5. The first-order valence-electron chi connectivity index (χ1n) is 4.72. The maximum atomic E-state index is 13.4. The fraction of sp³-hybridized carbons (Fsp3) is 0.200. The molecule has 16 heavy (non-hydrogen) atoms. The summed E-state index contributed by atoms with van der Waals surface area (Å²) in [5.41, 5.74) is 0.409. The number of hydrogen-bond acceptors (Lipinski definition) is 3. The average molecular weight is 241 g/mol. The smallest absolute Gasteiger partial charge is 0.242 e. The molecular weight excluding hydrogens is 231 g/mol. The van der Waals surface area contributed by atoms with Crippen molar-refractivity contribution >= 4 is 17.5 Å². The van der Waals surface area contributed by atoms with Crippen LogP contribution in [0.5, 0.6) is 0 Å². The molecule has 1 aromatic carbocycles. The van der Waals surface area contributed by atoms with E-state index in [4.69, 9.17) is 11.6 Å². The minimum atomic E-state index is -0.341. The van der Waals surface area contributed by atoms with Gasteiger partial charge in [-0.3, -0.25) is 5.10 Å². The summed E-state index contributed by atoms with van der Waals surface area (Å²) < 4.78 is 13.4. The molecule has 0 aliphatic heterocycles. The summed E-state index contributed by atoms with van der Waals surface area (Å²) in [6.45, 7) is 2.04. The molecule has 6 heteroatoms. The Hall–Kier alpha value is -1.62. The maximum Gasteiger partial charge on any atom is 0.242 e. The van der Waals surface area contributed by atoms with Gasteiger partial charge in [0.25, 0.3) is 0 Å². The Morgan fingerprint density at radius 1 is 1.50 bits per heavy atom. The molecule has 0 amide bonds. The van der Waals surface area contributed by atoms with Crippen molar-refractivity contribution in [3.8, 4) is 0 Å². The van der Waals surface area contributed by atoms with Gasteiger partial charge in [-0.2, -0.15) is 4.98 Å². The van der Waals surface area contributed by atoms with Gasteiger partial charge in [-0.05, 0) is 19.1 Å². The summed E-state index contributed by atoms with van der Waals surface area (Å²) in [6, 6.07) is 4.58. The molecule has 0 aliphatic rings. The van der Waals surface area contributed by atoms with Gasteiger partial charge in [0.15, 0.2) is 0 Å². The largest absolute Gasteiger partial charge is 0.349 e. The van der Waals surface area contributed by atoms with Crippen molar-refractivity contribution in [2.75, 3.05) is 5.32 Å². The van der Waals surface area contributed by atoms with E-state index < -0.39 is 0 Å².